The summed E-state index contributed by atoms with van der Waals surface area (Å²) in [5, 5.41) is 3.25. The lowest BCUT2D eigenvalue weighted by Crippen LogP contribution is -2.43. The fraction of sp³-hybridized carbons (Fsp3) is 0.600. The molecule has 22 heavy (non-hydrogen) atoms. The second-order valence-electron chi connectivity index (χ2n) is 5.39. The van der Waals surface area contributed by atoms with Gasteiger partial charge in [-0.2, -0.15) is 4.31 Å². The molecule has 0 bridgehead atoms. The second-order valence-corrected chi connectivity index (χ2v) is 7.39. The van der Waals surface area contributed by atoms with Gasteiger partial charge in [-0.1, -0.05) is 12.1 Å². The van der Waals surface area contributed by atoms with Crippen LogP contribution in [-0.4, -0.2) is 52.6 Å². The van der Waals surface area contributed by atoms with Gasteiger partial charge in [0, 0.05) is 20.2 Å². The molecule has 0 radical (unpaired) electrons. The molecule has 0 aliphatic carbocycles. The smallest absolute Gasteiger partial charge is 0.243 e. The Labute approximate surface area is 139 Å². The Hall–Kier alpha value is -0.660. The summed E-state index contributed by atoms with van der Waals surface area (Å²) in [6.07, 6.45) is 2.52. The van der Waals surface area contributed by atoms with Crippen LogP contribution >= 0.6 is 12.4 Å². The third kappa shape index (κ3) is 4.67. The van der Waals surface area contributed by atoms with E-state index in [1.807, 2.05) is 12.1 Å². The molecule has 2 rings (SSSR count). The van der Waals surface area contributed by atoms with E-state index in [1.54, 1.807) is 26.3 Å². The Balaban J connectivity index is 0.00000242. The van der Waals surface area contributed by atoms with Crippen molar-refractivity contribution in [2.75, 3.05) is 33.9 Å². The van der Waals surface area contributed by atoms with Crippen LogP contribution in [0.5, 0.6) is 0 Å². The SMILES string of the molecule is COCCc1ccc(S(=O)(=O)N(C)C2CCNCC2)cc1.Cl. The monoisotopic (exact) mass is 348 g/mol. The molecule has 7 heteroatoms. The summed E-state index contributed by atoms with van der Waals surface area (Å²) in [5.41, 5.74) is 1.08. The number of hydrogen-bond acceptors (Lipinski definition) is 4. The molecule has 1 N–H and O–H groups in total. The minimum absolute atomic E-state index is 0. The normalized spacial score (nSPS) is 16.5. The van der Waals surface area contributed by atoms with E-state index in [-0.39, 0.29) is 18.4 Å². The van der Waals surface area contributed by atoms with Crippen LogP contribution in [0.4, 0.5) is 0 Å². The maximum atomic E-state index is 12.6. The number of rotatable bonds is 6. The van der Waals surface area contributed by atoms with Gasteiger partial charge in [-0.3, -0.25) is 0 Å². The lowest BCUT2D eigenvalue weighted by atomic mass is 10.1. The van der Waals surface area contributed by atoms with E-state index >= 15 is 0 Å². The highest BCUT2D eigenvalue weighted by molar-refractivity contribution is 7.89. The maximum Gasteiger partial charge on any atom is 0.243 e. The zero-order valence-corrected chi connectivity index (χ0v) is 14.8. The zero-order chi connectivity index (χ0) is 15.3. The molecular weight excluding hydrogens is 324 g/mol. The molecule has 1 aromatic carbocycles. The molecule has 0 unspecified atom stereocenters. The molecule has 0 spiro atoms. The fourth-order valence-corrected chi connectivity index (χ4v) is 4.00. The van der Waals surface area contributed by atoms with Crippen LogP contribution in [0.3, 0.4) is 0 Å². The van der Waals surface area contributed by atoms with Crippen molar-refractivity contribution in [3.05, 3.63) is 29.8 Å². The van der Waals surface area contributed by atoms with Crippen LogP contribution in [0.15, 0.2) is 29.2 Å². The van der Waals surface area contributed by atoms with Gasteiger partial charge < -0.3 is 10.1 Å². The standard InChI is InChI=1S/C15H24N2O3S.ClH/c1-17(14-7-10-16-11-8-14)21(18,19)15-5-3-13(4-6-15)9-12-20-2;/h3-6,14,16H,7-12H2,1-2H3;1H. The van der Waals surface area contributed by atoms with E-state index in [4.69, 9.17) is 4.74 Å². The van der Waals surface area contributed by atoms with E-state index in [0.29, 0.717) is 11.5 Å². The predicted molar refractivity (Wildman–Crippen MR) is 90.1 cm³/mol. The first kappa shape index (κ1) is 19.4. The largest absolute Gasteiger partial charge is 0.384 e. The van der Waals surface area contributed by atoms with E-state index in [0.717, 1.165) is 37.9 Å². The van der Waals surface area contributed by atoms with Gasteiger partial charge >= 0.3 is 0 Å². The van der Waals surface area contributed by atoms with Crippen molar-refractivity contribution in [1.82, 2.24) is 9.62 Å². The number of nitrogens with zero attached hydrogens (tertiary/aromatic N) is 1. The summed E-state index contributed by atoms with van der Waals surface area (Å²) in [6.45, 7) is 2.39. The van der Waals surface area contributed by atoms with Crippen molar-refractivity contribution < 1.29 is 13.2 Å². The van der Waals surface area contributed by atoms with Crippen molar-refractivity contribution in [3.8, 4) is 0 Å². The number of methoxy groups -OCH3 is 1. The van der Waals surface area contributed by atoms with E-state index in [1.165, 1.54) is 4.31 Å². The summed E-state index contributed by atoms with van der Waals surface area (Å²) in [6, 6.07) is 7.20. The predicted octanol–water partition coefficient (Wildman–Crippen LogP) is 1.67. The molecule has 1 aromatic rings. The van der Waals surface area contributed by atoms with Gasteiger partial charge in [0.15, 0.2) is 0 Å². The summed E-state index contributed by atoms with van der Waals surface area (Å²) >= 11 is 0. The van der Waals surface area contributed by atoms with Gasteiger partial charge in [-0.25, -0.2) is 8.42 Å². The molecule has 1 aliphatic heterocycles. The van der Waals surface area contributed by atoms with Crippen LogP contribution in [-0.2, 0) is 21.2 Å². The van der Waals surface area contributed by atoms with Gasteiger partial charge in [0.2, 0.25) is 10.0 Å². The molecule has 1 heterocycles. The Morgan fingerprint density at radius 3 is 2.36 bits per heavy atom. The zero-order valence-electron chi connectivity index (χ0n) is 13.1. The number of halogens is 1. The lowest BCUT2D eigenvalue weighted by molar-refractivity contribution is 0.202. The van der Waals surface area contributed by atoms with Crippen LogP contribution in [0.2, 0.25) is 0 Å². The van der Waals surface area contributed by atoms with Crippen LogP contribution in [0, 0.1) is 0 Å². The first-order chi connectivity index (χ1) is 10.1. The Morgan fingerprint density at radius 2 is 1.82 bits per heavy atom. The van der Waals surface area contributed by atoms with Crippen molar-refractivity contribution in [3.63, 3.8) is 0 Å². The molecule has 0 amide bonds. The first-order valence-electron chi connectivity index (χ1n) is 7.32. The molecule has 5 nitrogen and oxygen atoms in total. The summed E-state index contributed by atoms with van der Waals surface area (Å²) in [7, 11) is -0.0574. The van der Waals surface area contributed by atoms with Gasteiger partial charge in [0.25, 0.3) is 0 Å². The Kier molecular flexibility index (Phi) is 7.79. The molecule has 1 fully saturated rings. The average molecular weight is 349 g/mol. The fourth-order valence-electron chi connectivity index (χ4n) is 2.58. The molecule has 1 aliphatic rings. The summed E-state index contributed by atoms with van der Waals surface area (Å²) in [5.74, 6) is 0. The molecular formula is C15H25ClN2O3S. The molecule has 0 atom stereocenters. The topological polar surface area (TPSA) is 58.6 Å². The van der Waals surface area contributed by atoms with Crippen molar-refractivity contribution in [2.24, 2.45) is 0 Å². The highest BCUT2D eigenvalue weighted by Gasteiger charge is 2.28. The highest BCUT2D eigenvalue weighted by atomic mass is 35.5. The van der Waals surface area contributed by atoms with E-state index < -0.39 is 10.0 Å². The number of nitrogens with one attached hydrogen (secondary N) is 1. The Bertz CT molecular complexity index is 542. The highest BCUT2D eigenvalue weighted by Crippen LogP contribution is 2.21. The quantitative estimate of drug-likeness (QED) is 0.849. The molecule has 0 saturated carbocycles. The van der Waals surface area contributed by atoms with Crippen LogP contribution in [0.1, 0.15) is 18.4 Å². The van der Waals surface area contributed by atoms with E-state index in [9.17, 15) is 8.42 Å². The van der Waals surface area contributed by atoms with Gasteiger partial charge in [-0.05, 0) is 50.0 Å². The van der Waals surface area contributed by atoms with Gasteiger partial charge in [0.1, 0.15) is 0 Å². The third-order valence-electron chi connectivity index (χ3n) is 4.02. The lowest BCUT2D eigenvalue weighted by Gasteiger charge is -2.30. The minimum Gasteiger partial charge on any atom is -0.384 e. The number of hydrogen-bond donors (Lipinski definition) is 1. The number of benzene rings is 1. The van der Waals surface area contributed by atoms with Crippen LogP contribution in [0.25, 0.3) is 0 Å². The van der Waals surface area contributed by atoms with Crippen molar-refractivity contribution in [2.45, 2.75) is 30.2 Å². The van der Waals surface area contributed by atoms with Crippen LogP contribution < -0.4 is 5.32 Å². The Morgan fingerprint density at radius 1 is 1.23 bits per heavy atom. The summed E-state index contributed by atoms with van der Waals surface area (Å²) in [4.78, 5) is 0.365. The minimum atomic E-state index is -3.40. The van der Waals surface area contributed by atoms with Gasteiger partial charge in [0.05, 0.1) is 11.5 Å². The third-order valence-corrected chi connectivity index (χ3v) is 5.94. The number of sulfonamides is 1. The molecule has 126 valence electrons. The first-order valence-corrected chi connectivity index (χ1v) is 8.76. The second kappa shape index (κ2) is 8.84. The van der Waals surface area contributed by atoms with E-state index in [2.05, 4.69) is 5.32 Å². The molecule has 0 aromatic heterocycles. The summed E-state index contributed by atoms with van der Waals surface area (Å²) < 4.78 is 31.8. The maximum absolute atomic E-state index is 12.6. The van der Waals surface area contributed by atoms with Crippen molar-refractivity contribution in [1.29, 1.82) is 0 Å². The van der Waals surface area contributed by atoms with Crippen molar-refractivity contribution >= 4 is 22.4 Å². The average Bonchev–Trinajstić information content (AvgIpc) is 2.53. The molecule has 1 saturated heterocycles. The van der Waals surface area contributed by atoms with Gasteiger partial charge in [-0.15, -0.1) is 12.4 Å². The number of ether oxygens (including phenoxy) is 1. The number of piperidine rings is 1.